The van der Waals surface area contributed by atoms with E-state index in [0.29, 0.717) is 0 Å². The Balaban J connectivity index is 2.65. The smallest absolute Gasteiger partial charge is 0.0525 e. The van der Waals surface area contributed by atoms with Crippen LogP contribution in [0.4, 0.5) is 0 Å². The summed E-state index contributed by atoms with van der Waals surface area (Å²) in [6.07, 6.45) is 4.86. The second kappa shape index (κ2) is 2.67. The summed E-state index contributed by atoms with van der Waals surface area (Å²) < 4.78 is 0. The van der Waals surface area contributed by atoms with Crippen molar-refractivity contribution in [1.29, 1.82) is 0 Å². The van der Waals surface area contributed by atoms with Gasteiger partial charge >= 0.3 is 0 Å². The predicted octanol–water partition coefficient (Wildman–Crippen LogP) is 1.76. The molecule has 0 saturated heterocycles. The molecule has 1 aromatic heterocycles. The Kier molecular flexibility index (Phi) is 1.88. The SMILES string of the molecule is CC[C](C)c1cn[nH]c1. The average Bonchev–Trinajstić information content (AvgIpc) is 2.37. The molecule has 2 nitrogen and oxygen atoms in total. The summed E-state index contributed by atoms with van der Waals surface area (Å²) in [5.74, 6) is 1.38. The molecule has 0 atom stereocenters. The Morgan fingerprint density at radius 1 is 1.78 bits per heavy atom. The van der Waals surface area contributed by atoms with E-state index in [1.54, 1.807) is 0 Å². The van der Waals surface area contributed by atoms with E-state index in [2.05, 4.69) is 24.0 Å². The van der Waals surface area contributed by atoms with Crippen molar-refractivity contribution in [3.8, 4) is 0 Å². The molecule has 0 saturated carbocycles. The van der Waals surface area contributed by atoms with Crippen molar-refractivity contribution in [3.63, 3.8) is 0 Å². The Hall–Kier alpha value is -0.790. The summed E-state index contributed by atoms with van der Waals surface area (Å²) in [6.45, 7) is 4.26. The van der Waals surface area contributed by atoms with Gasteiger partial charge in [0.25, 0.3) is 0 Å². The summed E-state index contributed by atoms with van der Waals surface area (Å²) in [5, 5.41) is 6.62. The van der Waals surface area contributed by atoms with Crippen LogP contribution in [0.25, 0.3) is 0 Å². The molecule has 1 heterocycles. The first-order valence-electron chi connectivity index (χ1n) is 3.16. The van der Waals surface area contributed by atoms with Crippen LogP contribution in [0.15, 0.2) is 12.4 Å². The lowest BCUT2D eigenvalue weighted by atomic mass is 10.0. The van der Waals surface area contributed by atoms with Gasteiger partial charge in [-0.25, -0.2) is 0 Å². The zero-order chi connectivity index (χ0) is 6.69. The maximum Gasteiger partial charge on any atom is 0.0525 e. The standard InChI is InChI=1S/C7H11N2/c1-3-6(2)7-4-8-9-5-7/h4-5H,3H2,1-2H3,(H,8,9). The highest BCUT2D eigenvalue weighted by Crippen LogP contribution is 2.14. The molecule has 0 unspecified atom stereocenters. The van der Waals surface area contributed by atoms with Crippen LogP contribution in [-0.2, 0) is 0 Å². The van der Waals surface area contributed by atoms with Crippen LogP contribution in [0.2, 0.25) is 0 Å². The first-order valence-corrected chi connectivity index (χ1v) is 3.16. The van der Waals surface area contributed by atoms with Crippen LogP contribution in [-0.4, -0.2) is 10.2 Å². The van der Waals surface area contributed by atoms with Crippen molar-refractivity contribution >= 4 is 0 Å². The number of hydrogen-bond donors (Lipinski definition) is 1. The fourth-order valence-corrected chi connectivity index (χ4v) is 0.688. The molecule has 0 spiro atoms. The molecule has 0 fully saturated rings. The average molecular weight is 123 g/mol. The minimum absolute atomic E-state index is 1.10. The Morgan fingerprint density at radius 3 is 3.00 bits per heavy atom. The second-order valence-corrected chi connectivity index (χ2v) is 2.12. The molecular formula is C7H11N2. The number of H-pyrrole nitrogens is 1. The number of aromatic nitrogens is 2. The van der Waals surface area contributed by atoms with Gasteiger partial charge in [0.05, 0.1) is 6.20 Å². The van der Waals surface area contributed by atoms with E-state index in [1.165, 1.54) is 11.5 Å². The molecule has 1 radical (unpaired) electrons. The van der Waals surface area contributed by atoms with E-state index in [4.69, 9.17) is 0 Å². The minimum atomic E-state index is 1.10. The van der Waals surface area contributed by atoms with Crippen LogP contribution in [0, 0.1) is 5.92 Å². The largest absolute Gasteiger partial charge is 0.285 e. The highest BCUT2D eigenvalue weighted by Gasteiger charge is 2.01. The zero-order valence-corrected chi connectivity index (χ0v) is 5.81. The lowest BCUT2D eigenvalue weighted by Crippen LogP contribution is -1.87. The van der Waals surface area contributed by atoms with Crippen LogP contribution in [0.5, 0.6) is 0 Å². The van der Waals surface area contributed by atoms with Gasteiger partial charge in [-0.3, -0.25) is 5.10 Å². The van der Waals surface area contributed by atoms with Crippen molar-refractivity contribution in [2.75, 3.05) is 0 Å². The van der Waals surface area contributed by atoms with Crippen LogP contribution in [0.3, 0.4) is 0 Å². The number of nitrogens with one attached hydrogen (secondary N) is 1. The van der Waals surface area contributed by atoms with Gasteiger partial charge in [-0.1, -0.05) is 13.8 Å². The number of rotatable bonds is 2. The normalized spacial score (nSPS) is 10.6. The van der Waals surface area contributed by atoms with E-state index in [0.717, 1.165) is 6.42 Å². The molecule has 1 aromatic rings. The predicted molar refractivity (Wildman–Crippen MR) is 36.9 cm³/mol. The summed E-state index contributed by atoms with van der Waals surface area (Å²) in [5.41, 5.74) is 1.22. The van der Waals surface area contributed by atoms with Crippen molar-refractivity contribution in [2.24, 2.45) is 0 Å². The lowest BCUT2D eigenvalue weighted by Gasteiger charge is -2.00. The summed E-state index contributed by atoms with van der Waals surface area (Å²) in [6, 6.07) is 0. The monoisotopic (exact) mass is 123 g/mol. The topological polar surface area (TPSA) is 28.7 Å². The van der Waals surface area contributed by atoms with Crippen LogP contribution in [0.1, 0.15) is 25.8 Å². The van der Waals surface area contributed by atoms with Gasteiger partial charge < -0.3 is 0 Å². The Morgan fingerprint density at radius 2 is 2.56 bits per heavy atom. The third-order valence-electron chi connectivity index (χ3n) is 1.52. The fourth-order valence-electron chi connectivity index (χ4n) is 0.688. The van der Waals surface area contributed by atoms with Gasteiger partial charge in [-0.2, -0.15) is 5.10 Å². The number of aromatic amines is 1. The summed E-state index contributed by atoms with van der Waals surface area (Å²) in [4.78, 5) is 0. The molecule has 0 amide bonds. The molecule has 0 aliphatic carbocycles. The molecule has 1 rings (SSSR count). The fraction of sp³-hybridized carbons (Fsp3) is 0.429. The highest BCUT2D eigenvalue weighted by atomic mass is 15.1. The summed E-state index contributed by atoms with van der Waals surface area (Å²) >= 11 is 0. The van der Waals surface area contributed by atoms with Gasteiger partial charge in [-0.05, 0) is 12.0 Å². The van der Waals surface area contributed by atoms with Gasteiger partial charge in [0.2, 0.25) is 0 Å². The van der Waals surface area contributed by atoms with Gasteiger partial charge in [0.1, 0.15) is 0 Å². The molecular weight excluding hydrogens is 112 g/mol. The Bertz CT molecular complexity index is 155. The first kappa shape index (κ1) is 6.33. The van der Waals surface area contributed by atoms with E-state index in [1.807, 2.05) is 12.4 Å². The third-order valence-corrected chi connectivity index (χ3v) is 1.52. The van der Waals surface area contributed by atoms with Crippen molar-refractivity contribution < 1.29 is 0 Å². The van der Waals surface area contributed by atoms with E-state index < -0.39 is 0 Å². The zero-order valence-electron chi connectivity index (χ0n) is 5.81. The second-order valence-electron chi connectivity index (χ2n) is 2.12. The number of hydrogen-bond acceptors (Lipinski definition) is 1. The number of nitrogens with zero attached hydrogens (tertiary/aromatic N) is 1. The van der Waals surface area contributed by atoms with Gasteiger partial charge in [0, 0.05) is 12.1 Å². The van der Waals surface area contributed by atoms with E-state index >= 15 is 0 Å². The molecule has 1 N–H and O–H groups in total. The van der Waals surface area contributed by atoms with Gasteiger partial charge in [0.15, 0.2) is 0 Å². The molecule has 2 heteroatoms. The molecule has 9 heavy (non-hydrogen) atoms. The molecule has 0 aromatic carbocycles. The van der Waals surface area contributed by atoms with Crippen molar-refractivity contribution in [2.45, 2.75) is 20.3 Å². The molecule has 0 aliphatic heterocycles. The lowest BCUT2D eigenvalue weighted by molar-refractivity contribution is 0.959. The maximum atomic E-state index is 3.85. The minimum Gasteiger partial charge on any atom is -0.285 e. The van der Waals surface area contributed by atoms with Gasteiger partial charge in [-0.15, -0.1) is 0 Å². The van der Waals surface area contributed by atoms with E-state index in [-0.39, 0.29) is 0 Å². The maximum absolute atomic E-state index is 3.85. The molecule has 49 valence electrons. The van der Waals surface area contributed by atoms with Crippen LogP contribution < -0.4 is 0 Å². The van der Waals surface area contributed by atoms with Crippen molar-refractivity contribution in [1.82, 2.24) is 10.2 Å². The summed E-state index contributed by atoms with van der Waals surface area (Å²) in [7, 11) is 0. The first-order chi connectivity index (χ1) is 4.34. The van der Waals surface area contributed by atoms with E-state index in [9.17, 15) is 0 Å². The quantitative estimate of drug-likeness (QED) is 0.637. The molecule has 0 bridgehead atoms. The van der Waals surface area contributed by atoms with Crippen molar-refractivity contribution in [3.05, 3.63) is 23.9 Å². The third kappa shape index (κ3) is 1.31. The van der Waals surface area contributed by atoms with Crippen LogP contribution >= 0.6 is 0 Å². The Labute approximate surface area is 55.3 Å². The molecule has 0 aliphatic rings. The highest BCUT2D eigenvalue weighted by molar-refractivity contribution is 5.22.